The quantitative estimate of drug-likeness (QED) is 0.374. The minimum atomic E-state index is -3.94. The fourth-order valence-corrected chi connectivity index (χ4v) is 6.18. The van der Waals surface area contributed by atoms with E-state index in [1.54, 1.807) is 19.2 Å². The summed E-state index contributed by atoms with van der Waals surface area (Å²) in [5.41, 5.74) is 1.45. The summed E-state index contributed by atoms with van der Waals surface area (Å²) >= 11 is 0. The van der Waals surface area contributed by atoms with Crippen LogP contribution in [0.4, 0.5) is 8.78 Å². The van der Waals surface area contributed by atoms with Crippen molar-refractivity contribution >= 4 is 7.37 Å². The van der Waals surface area contributed by atoms with Crippen molar-refractivity contribution in [2.24, 2.45) is 11.8 Å². The van der Waals surface area contributed by atoms with E-state index in [2.05, 4.69) is 0 Å². The van der Waals surface area contributed by atoms with E-state index in [4.69, 9.17) is 9.47 Å². The normalized spacial score (nSPS) is 25.1. The molecule has 4 nitrogen and oxygen atoms in total. The van der Waals surface area contributed by atoms with E-state index in [9.17, 15) is 13.8 Å². The maximum Gasteiger partial charge on any atom is 0.234 e. The highest BCUT2D eigenvalue weighted by Crippen LogP contribution is 2.64. The Morgan fingerprint density at radius 1 is 1.09 bits per heavy atom. The van der Waals surface area contributed by atoms with Gasteiger partial charge in [-0.3, -0.25) is 4.57 Å². The van der Waals surface area contributed by atoms with Gasteiger partial charge in [-0.25, -0.2) is 8.78 Å². The lowest BCUT2D eigenvalue weighted by atomic mass is 9.79. The third-order valence-electron chi connectivity index (χ3n) is 7.66. The van der Waals surface area contributed by atoms with Crippen molar-refractivity contribution in [2.45, 2.75) is 62.7 Å². The van der Waals surface area contributed by atoms with E-state index >= 15 is 4.39 Å². The van der Waals surface area contributed by atoms with Crippen LogP contribution in [0.15, 0.2) is 42.5 Å². The van der Waals surface area contributed by atoms with Gasteiger partial charge in [0.25, 0.3) is 0 Å². The number of ether oxygens (including phenoxy) is 2. The zero-order chi connectivity index (χ0) is 24.5. The van der Waals surface area contributed by atoms with Crippen LogP contribution < -0.4 is 9.47 Å². The van der Waals surface area contributed by atoms with Crippen molar-refractivity contribution in [1.29, 1.82) is 0 Å². The van der Waals surface area contributed by atoms with E-state index in [0.29, 0.717) is 24.0 Å². The van der Waals surface area contributed by atoms with Gasteiger partial charge in [-0.05, 0) is 105 Å². The number of alkyl halides is 1. The van der Waals surface area contributed by atoms with E-state index < -0.39 is 18.7 Å². The first kappa shape index (κ1) is 25.2. The summed E-state index contributed by atoms with van der Waals surface area (Å²) in [6.45, 7) is 2.91. The van der Waals surface area contributed by atoms with Gasteiger partial charge in [0.15, 0.2) is 5.41 Å². The predicted octanol–water partition coefficient (Wildman–Crippen LogP) is 7.27. The monoisotopic (exact) mass is 492 g/mol. The summed E-state index contributed by atoms with van der Waals surface area (Å²) in [6, 6.07) is 12.3. The molecule has 186 valence electrons. The second-order valence-electron chi connectivity index (χ2n) is 10.2. The van der Waals surface area contributed by atoms with Crippen molar-refractivity contribution in [3.63, 3.8) is 0 Å². The molecule has 2 fully saturated rings. The molecule has 0 amide bonds. The largest absolute Gasteiger partial charge is 0.497 e. The van der Waals surface area contributed by atoms with Crippen LogP contribution in [0.1, 0.15) is 68.4 Å². The molecule has 0 aliphatic heterocycles. The highest BCUT2D eigenvalue weighted by Gasteiger charge is 2.53. The molecule has 0 saturated heterocycles. The smallest absolute Gasteiger partial charge is 0.234 e. The second-order valence-corrected chi connectivity index (χ2v) is 12.8. The zero-order valence-electron chi connectivity index (χ0n) is 20.2. The molecule has 0 bridgehead atoms. The average molecular weight is 493 g/mol. The number of benzene rings is 2. The molecule has 2 aromatic rings. The molecule has 0 radical (unpaired) electrons. The van der Waals surface area contributed by atoms with Gasteiger partial charge in [0, 0.05) is 12.6 Å². The first-order valence-corrected chi connectivity index (χ1v) is 14.3. The molecule has 2 aliphatic carbocycles. The van der Waals surface area contributed by atoms with E-state index in [1.165, 1.54) is 13.0 Å². The first-order valence-electron chi connectivity index (χ1n) is 12.2. The number of rotatable bonds is 9. The fourth-order valence-electron chi connectivity index (χ4n) is 5.31. The van der Waals surface area contributed by atoms with Crippen LogP contribution in [0.3, 0.4) is 0 Å². The maximum absolute atomic E-state index is 15.5. The molecule has 2 aromatic carbocycles. The number of hydrogen-bond acceptors (Lipinski definition) is 3. The van der Waals surface area contributed by atoms with Crippen LogP contribution in [0.2, 0.25) is 0 Å². The highest BCUT2D eigenvalue weighted by molar-refractivity contribution is 7.58. The van der Waals surface area contributed by atoms with Crippen LogP contribution in [0.5, 0.6) is 11.5 Å². The molecule has 0 heterocycles. The summed E-state index contributed by atoms with van der Waals surface area (Å²) in [5.74, 6) is 1.16. The highest BCUT2D eigenvalue weighted by atomic mass is 31.2. The molecule has 1 unspecified atom stereocenters. The van der Waals surface area contributed by atoms with Crippen LogP contribution in [0, 0.1) is 17.7 Å². The van der Waals surface area contributed by atoms with Crippen LogP contribution in [-0.4, -0.2) is 30.7 Å². The van der Waals surface area contributed by atoms with E-state index in [0.717, 1.165) is 56.3 Å². The second kappa shape index (κ2) is 9.99. The van der Waals surface area contributed by atoms with Crippen molar-refractivity contribution < 1.29 is 27.7 Å². The van der Waals surface area contributed by atoms with Gasteiger partial charge < -0.3 is 14.4 Å². The molecule has 2 saturated carbocycles. The molecule has 2 aliphatic rings. The Bertz CT molecular complexity index is 1040. The van der Waals surface area contributed by atoms with Crippen molar-refractivity contribution in [2.75, 3.05) is 20.4 Å². The Kier molecular flexibility index (Phi) is 7.40. The Labute approximate surface area is 201 Å². The van der Waals surface area contributed by atoms with E-state index in [1.807, 2.05) is 24.3 Å². The summed E-state index contributed by atoms with van der Waals surface area (Å²) in [4.78, 5) is 10.1. The van der Waals surface area contributed by atoms with Gasteiger partial charge in [-0.2, -0.15) is 0 Å². The zero-order valence-corrected chi connectivity index (χ0v) is 21.1. The standard InChI is InChI=1S/C27H35F2O4P/c1-27(29,34(3,30)31)26(20-11-12-20)21-5-4-6-23(15-21)33-17-18-7-9-19(10-8-18)24-16-22(32-2)13-14-25(24)28/h4-6,13-16,18-20,26H,7-12,17H2,1-3H3,(H,30,31)/t18?,19?,26-,27-/m0/s1. The van der Waals surface area contributed by atoms with Gasteiger partial charge >= 0.3 is 0 Å². The Morgan fingerprint density at radius 3 is 2.41 bits per heavy atom. The lowest BCUT2D eigenvalue weighted by Crippen LogP contribution is -2.29. The Hall–Kier alpha value is -1.91. The molecule has 7 heteroatoms. The number of methoxy groups -OCH3 is 1. The molecule has 34 heavy (non-hydrogen) atoms. The summed E-state index contributed by atoms with van der Waals surface area (Å²) < 4.78 is 53.5. The van der Waals surface area contributed by atoms with Gasteiger partial charge in [0.2, 0.25) is 7.37 Å². The lowest BCUT2D eigenvalue weighted by Gasteiger charge is -2.33. The van der Waals surface area contributed by atoms with Crippen molar-refractivity contribution in [3.05, 3.63) is 59.4 Å². The molecule has 1 N–H and O–H groups in total. The topological polar surface area (TPSA) is 55.8 Å². The van der Waals surface area contributed by atoms with Gasteiger partial charge in [0.1, 0.15) is 17.3 Å². The van der Waals surface area contributed by atoms with Gasteiger partial charge in [0.05, 0.1) is 13.7 Å². The third kappa shape index (κ3) is 5.49. The summed E-state index contributed by atoms with van der Waals surface area (Å²) in [7, 11) is -2.35. The van der Waals surface area contributed by atoms with Crippen molar-refractivity contribution in [1.82, 2.24) is 0 Å². The van der Waals surface area contributed by atoms with Crippen molar-refractivity contribution in [3.8, 4) is 11.5 Å². The predicted molar refractivity (Wildman–Crippen MR) is 130 cm³/mol. The van der Waals surface area contributed by atoms with Crippen LogP contribution in [0.25, 0.3) is 0 Å². The van der Waals surface area contributed by atoms with Crippen LogP contribution >= 0.6 is 7.37 Å². The SMILES string of the molecule is COc1ccc(F)c(C2CCC(COc3cccc([C@H](C4CC4)[C@@](C)(F)P(C)(=O)O)c3)CC2)c1. The molecule has 3 atom stereocenters. The summed E-state index contributed by atoms with van der Waals surface area (Å²) in [5, 5.41) is -2.18. The summed E-state index contributed by atoms with van der Waals surface area (Å²) in [6.07, 6.45) is 5.41. The lowest BCUT2D eigenvalue weighted by molar-refractivity contribution is 0.196. The Morgan fingerprint density at radius 2 is 1.79 bits per heavy atom. The average Bonchev–Trinajstić information content (AvgIpc) is 3.63. The molecule has 0 spiro atoms. The van der Waals surface area contributed by atoms with Gasteiger partial charge in [-0.15, -0.1) is 0 Å². The minimum Gasteiger partial charge on any atom is -0.497 e. The van der Waals surface area contributed by atoms with Gasteiger partial charge in [-0.1, -0.05) is 12.1 Å². The number of hydrogen-bond donors (Lipinski definition) is 1. The fraction of sp³-hybridized carbons (Fsp3) is 0.556. The minimum absolute atomic E-state index is 0.0814. The molecular formula is C27H35F2O4P. The Balaban J connectivity index is 1.37. The first-order chi connectivity index (χ1) is 16.1. The van der Waals surface area contributed by atoms with E-state index in [-0.39, 0.29) is 17.7 Å². The molecular weight excluding hydrogens is 457 g/mol. The maximum atomic E-state index is 15.5. The number of halogens is 2. The molecule has 4 rings (SSSR count). The third-order valence-corrected chi connectivity index (χ3v) is 9.57. The van der Waals surface area contributed by atoms with Crippen LogP contribution in [-0.2, 0) is 4.57 Å². The molecule has 0 aromatic heterocycles.